The van der Waals surface area contributed by atoms with Crippen LogP contribution in [0, 0.1) is 11.6 Å². The predicted octanol–water partition coefficient (Wildman–Crippen LogP) is 5.24. The summed E-state index contributed by atoms with van der Waals surface area (Å²) in [5, 5.41) is 0. The standard InChI is InChI=1S/C16H20F2O2.C3H6O2.C2H6/c1-11-4-3-5-12(11)8-14-15(18)9-13(17)10-16(14)20-7-6-19-2;1-2-5-3-4;1-2/h9-10H,3-8H2,1-2H3;3H,2H2,1H3;1-2H3. The molecule has 154 valence electrons. The van der Waals surface area contributed by atoms with Crippen molar-refractivity contribution in [2.45, 2.75) is 53.4 Å². The van der Waals surface area contributed by atoms with Gasteiger partial charge in [0.25, 0.3) is 6.47 Å². The summed E-state index contributed by atoms with van der Waals surface area (Å²) in [6, 6.07) is 2.17. The van der Waals surface area contributed by atoms with Gasteiger partial charge in [-0.2, -0.15) is 0 Å². The average Bonchev–Trinajstić information content (AvgIpc) is 3.06. The molecule has 0 bridgehead atoms. The fourth-order valence-corrected chi connectivity index (χ4v) is 2.59. The third-order valence-corrected chi connectivity index (χ3v) is 3.92. The number of rotatable bonds is 8. The summed E-state index contributed by atoms with van der Waals surface area (Å²) in [6.45, 7) is 9.41. The lowest BCUT2D eigenvalue weighted by molar-refractivity contribution is -0.128. The first-order valence-corrected chi connectivity index (χ1v) is 9.35. The van der Waals surface area contributed by atoms with E-state index in [-0.39, 0.29) is 12.4 Å². The summed E-state index contributed by atoms with van der Waals surface area (Å²) in [7, 11) is 1.56. The zero-order chi connectivity index (χ0) is 20.7. The van der Waals surface area contributed by atoms with Crippen molar-refractivity contribution in [2.24, 2.45) is 0 Å². The molecule has 0 unspecified atom stereocenters. The Morgan fingerprint density at radius 1 is 1.15 bits per heavy atom. The molecule has 1 aromatic rings. The van der Waals surface area contributed by atoms with Crippen molar-refractivity contribution < 1.29 is 27.8 Å². The summed E-state index contributed by atoms with van der Waals surface area (Å²) in [5.41, 5.74) is 3.00. The van der Waals surface area contributed by atoms with Crippen LogP contribution in [0.2, 0.25) is 0 Å². The van der Waals surface area contributed by atoms with Crippen LogP contribution in [0.3, 0.4) is 0 Å². The highest BCUT2D eigenvalue weighted by Crippen LogP contribution is 2.32. The minimum Gasteiger partial charge on any atom is -0.491 e. The molecule has 0 aliphatic heterocycles. The van der Waals surface area contributed by atoms with E-state index in [9.17, 15) is 13.6 Å². The van der Waals surface area contributed by atoms with E-state index in [4.69, 9.17) is 9.47 Å². The second-order valence-electron chi connectivity index (χ2n) is 5.67. The van der Waals surface area contributed by atoms with Crippen LogP contribution in [0.4, 0.5) is 8.78 Å². The van der Waals surface area contributed by atoms with Crippen molar-refractivity contribution >= 4 is 6.47 Å². The predicted molar refractivity (Wildman–Crippen MR) is 103 cm³/mol. The van der Waals surface area contributed by atoms with Crippen molar-refractivity contribution in [1.29, 1.82) is 0 Å². The Morgan fingerprint density at radius 2 is 1.85 bits per heavy atom. The van der Waals surface area contributed by atoms with E-state index in [0.29, 0.717) is 31.7 Å². The number of carbonyl (C=O) groups is 1. The van der Waals surface area contributed by atoms with Crippen LogP contribution in [0.5, 0.6) is 5.75 Å². The van der Waals surface area contributed by atoms with Crippen LogP contribution in [0.15, 0.2) is 23.3 Å². The van der Waals surface area contributed by atoms with E-state index in [1.807, 2.05) is 13.8 Å². The first kappa shape index (κ1) is 25.1. The fourth-order valence-electron chi connectivity index (χ4n) is 2.59. The van der Waals surface area contributed by atoms with E-state index in [1.54, 1.807) is 14.0 Å². The molecular formula is C21H32F2O4. The molecule has 1 aromatic carbocycles. The molecule has 0 heterocycles. The number of ether oxygens (including phenoxy) is 3. The second-order valence-corrected chi connectivity index (χ2v) is 5.67. The van der Waals surface area contributed by atoms with Gasteiger partial charge in [-0.3, -0.25) is 4.79 Å². The molecule has 0 spiro atoms. The van der Waals surface area contributed by atoms with Crippen molar-refractivity contribution in [3.8, 4) is 5.75 Å². The SMILES string of the molecule is CC.CCOC=O.COCCOc1cc(F)cc(F)c1CC1=C(C)CCC1. The molecule has 0 atom stereocenters. The van der Waals surface area contributed by atoms with Crippen LogP contribution >= 0.6 is 0 Å². The van der Waals surface area contributed by atoms with Crippen LogP contribution in [-0.2, 0) is 20.7 Å². The number of methoxy groups -OCH3 is 1. The maximum Gasteiger partial charge on any atom is 0.293 e. The van der Waals surface area contributed by atoms with Crippen molar-refractivity contribution in [2.75, 3.05) is 26.9 Å². The Morgan fingerprint density at radius 3 is 2.33 bits per heavy atom. The first-order valence-electron chi connectivity index (χ1n) is 9.35. The summed E-state index contributed by atoms with van der Waals surface area (Å²) in [6.07, 6.45) is 3.67. The maximum atomic E-state index is 14.0. The zero-order valence-electron chi connectivity index (χ0n) is 17.1. The summed E-state index contributed by atoms with van der Waals surface area (Å²) in [5.74, 6) is -0.868. The Hall–Kier alpha value is -1.95. The van der Waals surface area contributed by atoms with Crippen molar-refractivity contribution in [3.05, 3.63) is 40.5 Å². The molecule has 0 aromatic heterocycles. The summed E-state index contributed by atoms with van der Waals surface area (Å²) in [4.78, 5) is 9.18. The van der Waals surface area contributed by atoms with Gasteiger partial charge in [0, 0.05) is 31.2 Å². The highest BCUT2D eigenvalue weighted by molar-refractivity contribution is 5.39. The summed E-state index contributed by atoms with van der Waals surface area (Å²) < 4.78 is 41.9. The molecule has 0 saturated carbocycles. The molecular weight excluding hydrogens is 354 g/mol. The lowest BCUT2D eigenvalue weighted by Gasteiger charge is -2.13. The third-order valence-electron chi connectivity index (χ3n) is 3.92. The normalized spacial score (nSPS) is 12.6. The van der Waals surface area contributed by atoms with Crippen LogP contribution < -0.4 is 4.74 Å². The van der Waals surface area contributed by atoms with Gasteiger partial charge in [-0.25, -0.2) is 8.78 Å². The number of halogens is 2. The number of hydrogen-bond donors (Lipinski definition) is 0. The highest BCUT2D eigenvalue weighted by atomic mass is 19.1. The largest absolute Gasteiger partial charge is 0.491 e. The molecule has 0 saturated heterocycles. The van der Waals surface area contributed by atoms with Gasteiger partial charge >= 0.3 is 0 Å². The number of benzene rings is 1. The monoisotopic (exact) mass is 386 g/mol. The van der Waals surface area contributed by atoms with Crippen LogP contribution in [-0.4, -0.2) is 33.4 Å². The van der Waals surface area contributed by atoms with Gasteiger partial charge in [0.05, 0.1) is 13.2 Å². The number of hydrogen-bond acceptors (Lipinski definition) is 4. The van der Waals surface area contributed by atoms with Gasteiger partial charge in [-0.05, 0) is 33.1 Å². The molecule has 1 aliphatic rings. The molecule has 2 rings (SSSR count). The van der Waals surface area contributed by atoms with Gasteiger partial charge in [-0.15, -0.1) is 0 Å². The van der Waals surface area contributed by atoms with Crippen molar-refractivity contribution in [1.82, 2.24) is 0 Å². The summed E-state index contributed by atoms with van der Waals surface area (Å²) >= 11 is 0. The average molecular weight is 386 g/mol. The lowest BCUT2D eigenvalue weighted by Crippen LogP contribution is -2.08. The van der Waals surface area contributed by atoms with Gasteiger partial charge in [-0.1, -0.05) is 25.0 Å². The smallest absolute Gasteiger partial charge is 0.293 e. The van der Waals surface area contributed by atoms with Gasteiger partial charge in [0.15, 0.2) is 0 Å². The van der Waals surface area contributed by atoms with Gasteiger partial charge in [0.2, 0.25) is 0 Å². The van der Waals surface area contributed by atoms with Crippen LogP contribution in [0.1, 0.15) is 52.5 Å². The van der Waals surface area contributed by atoms with E-state index < -0.39 is 11.6 Å². The highest BCUT2D eigenvalue weighted by Gasteiger charge is 2.18. The lowest BCUT2D eigenvalue weighted by atomic mass is 10.0. The topological polar surface area (TPSA) is 44.8 Å². The third kappa shape index (κ3) is 9.52. The number of carbonyl (C=O) groups excluding carboxylic acids is 1. The van der Waals surface area contributed by atoms with Crippen LogP contribution in [0.25, 0.3) is 0 Å². The Balaban J connectivity index is 0.000000838. The quantitative estimate of drug-likeness (QED) is 0.348. The fraction of sp³-hybridized carbons (Fsp3) is 0.571. The molecule has 4 nitrogen and oxygen atoms in total. The minimum absolute atomic E-state index is 0.282. The molecule has 0 radical (unpaired) electrons. The Bertz CT molecular complexity index is 586. The Labute approximate surface area is 161 Å². The van der Waals surface area contributed by atoms with E-state index in [0.717, 1.165) is 25.3 Å². The van der Waals surface area contributed by atoms with E-state index in [1.165, 1.54) is 17.2 Å². The van der Waals surface area contributed by atoms with E-state index in [2.05, 4.69) is 11.7 Å². The first-order chi connectivity index (χ1) is 13.0. The van der Waals surface area contributed by atoms with Gasteiger partial charge < -0.3 is 14.2 Å². The second kappa shape index (κ2) is 15.1. The Kier molecular flexibility index (Phi) is 14.0. The molecule has 6 heteroatoms. The molecule has 27 heavy (non-hydrogen) atoms. The van der Waals surface area contributed by atoms with Crippen molar-refractivity contribution in [3.63, 3.8) is 0 Å². The maximum absolute atomic E-state index is 14.0. The minimum atomic E-state index is -0.615. The molecule has 0 amide bonds. The van der Waals surface area contributed by atoms with E-state index >= 15 is 0 Å². The zero-order valence-corrected chi connectivity index (χ0v) is 17.1. The molecule has 0 fully saturated rings. The molecule has 0 N–H and O–H groups in total. The molecule has 1 aliphatic carbocycles. The number of allylic oxidation sites excluding steroid dienone is 2. The van der Waals surface area contributed by atoms with Gasteiger partial charge in [0.1, 0.15) is 24.0 Å².